The Morgan fingerprint density at radius 1 is 0.642 bits per heavy atom. The summed E-state index contributed by atoms with van der Waals surface area (Å²) in [7, 11) is 3.66. The number of ketones is 2. The van der Waals surface area contributed by atoms with E-state index in [2.05, 4.69) is 35.1 Å². The van der Waals surface area contributed by atoms with Gasteiger partial charge < -0.3 is 20.4 Å². The molecule has 0 aliphatic heterocycles. The van der Waals surface area contributed by atoms with Crippen molar-refractivity contribution >= 4 is 47.3 Å². The minimum Gasteiger partial charge on any atom is -0.390 e. The van der Waals surface area contributed by atoms with E-state index in [4.69, 9.17) is 0 Å². The van der Waals surface area contributed by atoms with Gasteiger partial charge in [0.15, 0.2) is 5.78 Å². The van der Waals surface area contributed by atoms with Crippen LogP contribution in [-0.2, 0) is 9.59 Å². The summed E-state index contributed by atoms with van der Waals surface area (Å²) >= 11 is 3.42. The molecule has 371 valence electrons. The van der Waals surface area contributed by atoms with Crippen LogP contribution in [0.2, 0.25) is 0 Å². The predicted octanol–water partition coefficient (Wildman–Crippen LogP) is 12.9. The number of carbonyl (C=O) groups is 2. The van der Waals surface area contributed by atoms with Crippen LogP contribution in [0.25, 0.3) is 0 Å². The first-order chi connectivity index (χ1) is 30.9. The van der Waals surface area contributed by atoms with Crippen LogP contribution in [0.1, 0.15) is 151 Å². The zero-order valence-corrected chi connectivity index (χ0v) is 42.6. The van der Waals surface area contributed by atoms with Gasteiger partial charge >= 0.3 is 0 Å². The van der Waals surface area contributed by atoms with Crippen molar-refractivity contribution in [3.8, 4) is 0 Å². The van der Waals surface area contributed by atoms with E-state index in [0.29, 0.717) is 41.2 Å². The van der Waals surface area contributed by atoms with Crippen molar-refractivity contribution in [3.05, 3.63) is 60.2 Å². The summed E-state index contributed by atoms with van der Waals surface area (Å²) < 4.78 is 26.0. The van der Waals surface area contributed by atoms with Crippen LogP contribution in [0.5, 0.6) is 0 Å². The third kappa shape index (κ3) is 11.1. The number of hydrogen-bond donors (Lipinski definition) is 3. The summed E-state index contributed by atoms with van der Waals surface area (Å²) in [6, 6.07) is 12.9. The number of likely N-dealkylation sites (N-methyl/N-ethyl adjacent to an activating group) is 1. The number of alkyl halides is 1. The molecule has 8 fully saturated rings. The maximum atomic E-state index is 13.6. The number of carbonyl (C=O) groups excluding carboxylic acids is 2. The molecule has 0 heterocycles. The number of anilines is 2. The van der Waals surface area contributed by atoms with Gasteiger partial charge in [-0.25, -0.2) is 8.78 Å². The Hall–Kier alpha value is -2.30. The van der Waals surface area contributed by atoms with Gasteiger partial charge in [-0.3, -0.25) is 9.59 Å². The predicted molar refractivity (Wildman–Crippen MR) is 274 cm³/mol. The maximum absolute atomic E-state index is 13.6. The Bertz CT molecular complexity index is 2000. The van der Waals surface area contributed by atoms with Crippen LogP contribution in [0, 0.1) is 93.5 Å². The van der Waals surface area contributed by atoms with Crippen molar-refractivity contribution in [1.82, 2.24) is 0 Å². The number of fused-ring (bicyclic) bond motifs is 10. The van der Waals surface area contributed by atoms with Crippen LogP contribution < -0.4 is 10.2 Å². The number of nitrogens with zero attached hydrogens (tertiary/aromatic N) is 1. The maximum Gasteiger partial charge on any atom is 0.155 e. The van der Waals surface area contributed by atoms with Crippen molar-refractivity contribution in [2.24, 2.45) is 81.8 Å². The summed E-state index contributed by atoms with van der Waals surface area (Å²) in [5.41, 5.74) is 1.07. The van der Waals surface area contributed by atoms with Crippen molar-refractivity contribution in [2.45, 2.75) is 162 Å². The molecule has 0 spiro atoms. The van der Waals surface area contributed by atoms with E-state index in [1.807, 2.05) is 37.9 Å². The fraction of sp³-hybridized carbons (Fsp3) is 0.754. The molecule has 6 nitrogen and oxygen atoms in total. The normalized spacial score (nSPS) is 41.1. The highest BCUT2D eigenvalue weighted by atomic mass is 79.9. The summed E-state index contributed by atoms with van der Waals surface area (Å²) in [6.07, 6.45) is 21.2. The first kappa shape index (κ1) is 54.0. The minimum absolute atomic E-state index is 0. The van der Waals surface area contributed by atoms with Gasteiger partial charge in [-0.15, -0.1) is 0 Å². The van der Waals surface area contributed by atoms with Crippen LogP contribution in [0.15, 0.2) is 48.5 Å². The van der Waals surface area contributed by atoms with Gasteiger partial charge in [0.1, 0.15) is 17.4 Å². The fourth-order valence-electron chi connectivity index (χ4n) is 17.1. The summed E-state index contributed by atoms with van der Waals surface area (Å²) in [5, 5.41) is 24.4. The third-order valence-electron chi connectivity index (χ3n) is 20.1. The van der Waals surface area contributed by atoms with Crippen LogP contribution >= 0.6 is 15.9 Å². The molecule has 2 aromatic rings. The van der Waals surface area contributed by atoms with E-state index in [0.717, 1.165) is 97.2 Å². The Morgan fingerprint density at radius 3 is 1.55 bits per heavy atom. The highest BCUT2D eigenvalue weighted by molar-refractivity contribution is 9.09. The second kappa shape index (κ2) is 21.6. The SMILES string of the molecule is C.CN(CC(=O)[C@H]1CC[C@H]2[C@@H]3CC[C@@H]4C[C@](C)(O)CC[C@@H]4[C@H]3CC[C@]12C)c1cccc(F)c1.CNc1cccc(F)c1.C[C@@]1(O)CC[C@H]2[C@H](CC[C@@H]3[C@@H]2CC[C@]2(C)[C@@H](C(=O)CBr)CC[C@@H]32)C1.[B]. The highest BCUT2D eigenvalue weighted by Crippen LogP contribution is 2.66. The van der Waals surface area contributed by atoms with Gasteiger partial charge in [-0.1, -0.05) is 49.3 Å². The van der Waals surface area contributed by atoms with Gasteiger partial charge in [0.05, 0.1) is 23.1 Å². The molecule has 3 N–H and O–H groups in total. The number of benzene rings is 2. The lowest BCUT2D eigenvalue weighted by atomic mass is 9.49. The molecule has 0 bridgehead atoms. The second-order valence-electron chi connectivity index (χ2n) is 23.9. The zero-order chi connectivity index (χ0) is 46.5. The summed E-state index contributed by atoms with van der Waals surface area (Å²) in [6.45, 7) is 9.28. The highest BCUT2D eigenvalue weighted by Gasteiger charge is 2.60. The van der Waals surface area contributed by atoms with Gasteiger partial charge in [-0.2, -0.15) is 0 Å². The molecular formula is C57H85BBrF2N2O4. The van der Waals surface area contributed by atoms with Gasteiger partial charge in [-0.05, 0) is 236 Å². The molecule has 0 aromatic heterocycles. The van der Waals surface area contributed by atoms with Crippen molar-refractivity contribution in [1.29, 1.82) is 0 Å². The average Bonchev–Trinajstić information content (AvgIpc) is 3.82. The lowest BCUT2D eigenvalue weighted by Gasteiger charge is -2.56. The molecule has 2 aromatic carbocycles. The van der Waals surface area contributed by atoms with E-state index in [9.17, 15) is 28.6 Å². The molecule has 8 aliphatic carbocycles. The molecule has 16 atom stereocenters. The quantitative estimate of drug-likeness (QED) is 0.189. The van der Waals surface area contributed by atoms with E-state index < -0.39 is 11.2 Å². The van der Waals surface area contributed by atoms with Gasteiger partial charge in [0.2, 0.25) is 0 Å². The molecule has 0 saturated heterocycles. The largest absolute Gasteiger partial charge is 0.390 e. The van der Waals surface area contributed by atoms with Crippen molar-refractivity contribution < 1.29 is 28.6 Å². The topological polar surface area (TPSA) is 89.9 Å². The Kier molecular flexibility index (Phi) is 17.4. The third-order valence-corrected chi connectivity index (χ3v) is 20.7. The number of hydrogen-bond acceptors (Lipinski definition) is 6. The van der Waals surface area contributed by atoms with E-state index in [1.165, 1.54) is 101 Å². The Balaban J connectivity index is 0.000000186. The minimum atomic E-state index is -0.463. The molecule has 3 radical (unpaired) electrons. The molecule has 0 amide bonds. The first-order valence-electron chi connectivity index (χ1n) is 25.8. The Morgan fingerprint density at radius 2 is 1.10 bits per heavy atom. The monoisotopic (exact) mass is 990 g/mol. The van der Waals surface area contributed by atoms with Gasteiger partial charge in [0, 0.05) is 45.7 Å². The first-order valence-corrected chi connectivity index (χ1v) is 26.9. The van der Waals surface area contributed by atoms with E-state index in [-0.39, 0.29) is 44.2 Å². The summed E-state index contributed by atoms with van der Waals surface area (Å²) in [4.78, 5) is 27.8. The van der Waals surface area contributed by atoms with Crippen LogP contribution in [0.3, 0.4) is 0 Å². The second-order valence-corrected chi connectivity index (χ2v) is 24.4. The van der Waals surface area contributed by atoms with E-state index in [1.54, 1.807) is 19.2 Å². The average molecular weight is 991 g/mol. The lowest BCUT2D eigenvalue weighted by molar-refractivity contribution is -0.131. The van der Waals surface area contributed by atoms with Crippen molar-refractivity contribution in [2.75, 3.05) is 36.2 Å². The van der Waals surface area contributed by atoms with Gasteiger partial charge in [0.25, 0.3) is 0 Å². The van der Waals surface area contributed by atoms with Crippen molar-refractivity contribution in [3.63, 3.8) is 0 Å². The standard InChI is InChI=1S/C28H40FNO2.C21H33BrO2.C7H8FN.CH4.B/c1-27(32)13-11-21-18(16-27)7-8-23-22(21)12-14-28(2)24(23)9-10-25(28)26(31)17-30(3)20-6-4-5-19(29)15-20;1-20(24)9-7-14-13(11-20)3-4-16-15(14)8-10-21(2)17(16)5-6-18(21)19(23)12-22;1-9-7-4-2-3-6(8)5-7;;/h4-6,15,18,21-25,32H,7-14,16-17H2,1-3H3;13-18,24H,3-12H2,1-2H3;2-5,9H,1H3;1H4;/t18-,21+,22-,23-,24+,25-,27-,28+;13-,14+,15-,16-,17+,18-,20-,21+;;;/m11.../s1. The smallest absolute Gasteiger partial charge is 0.155 e. The number of aliphatic hydroxyl groups is 2. The van der Waals surface area contributed by atoms with Crippen LogP contribution in [0.4, 0.5) is 20.2 Å². The summed E-state index contributed by atoms with van der Waals surface area (Å²) in [5.74, 6) is 8.54. The molecule has 10 heteroatoms. The molecule has 8 aliphatic rings. The lowest BCUT2D eigenvalue weighted by Crippen LogP contribution is -2.51. The molecular weight excluding hydrogens is 905 g/mol. The molecule has 0 unspecified atom stereocenters. The molecule has 67 heavy (non-hydrogen) atoms. The number of Topliss-reactive ketones (excluding diaryl/α,β-unsaturated/α-hetero) is 2. The number of nitrogens with one attached hydrogen (secondary N) is 1. The van der Waals surface area contributed by atoms with Crippen LogP contribution in [-0.4, -0.2) is 67.4 Å². The number of halogens is 3. The molecule has 10 rings (SSSR count). The van der Waals surface area contributed by atoms with E-state index >= 15 is 0 Å². The fourth-order valence-corrected chi connectivity index (χ4v) is 17.5. The Labute approximate surface area is 414 Å². The number of rotatable bonds is 7. The zero-order valence-electron chi connectivity index (χ0n) is 41.1. The molecule has 8 saturated carbocycles.